The number of methoxy groups -OCH3 is 1. The summed E-state index contributed by atoms with van der Waals surface area (Å²) in [6, 6.07) is 7.15. The van der Waals surface area contributed by atoms with Crippen LogP contribution in [0.1, 0.15) is 87.8 Å². The molecule has 0 spiro atoms. The summed E-state index contributed by atoms with van der Waals surface area (Å²) in [6.07, 6.45) is 11.8. The Morgan fingerprint density at radius 3 is 2.74 bits per heavy atom. The fourth-order valence-corrected chi connectivity index (χ4v) is 5.02. The number of aryl methyl sites for hydroxylation is 1. The van der Waals surface area contributed by atoms with Crippen LogP contribution in [0, 0.1) is 5.92 Å². The van der Waals surface area contributed by atoms with Crippen LogP contribution in [0.3, 0.4) is 0 Å². The van der Waals surface area contributed by atoms with E-state index in [0.29, 0.717) is 5.92 Å². The van der Waals surface area contributed by atoms with Gasteiger partial charge >= 0.3 is 0 Å². The number of nitrogens with two attached hydrogens (primary N) is 1. The number of hydrogen-bond acceptors (Lipinski definition) is 3. The summed E-state index contributed by atoms with van der Waals surface area (Å²) < 4.78 is 5.53. The van der Waals surface area contributed by atoms with Crippen molar-refractivity contribution in [3.8, 4) is 0 Å². The third kappa shape index (κ3) is 5.34. The third-order valence-corrected chi connectivity index (χ3v) is 7.18. The molecule has 0 amide bonds. The molecule has 2 aliphatic rings. The molecule has 2 aliphatic carbocycles. The molecule has 3 atom stereocenters. The summed E-state index contributed by atoms with van der Waals surface area (Å²) in [5, 5.41) is 9.53. The molecule has 3 nitrogen and oxygen atoms in total. The quantitative estimate of drug-likeness (QED) is 0.648. The number of unbranched alkanes of at least 4 members (excludes halogenated alkanes) is 1. The second-order valence-electron chi connectivity index (χ2n) is 9.81. The lowest BCUT2D eigenvalue weighted by Gasteiger charge is -2.27. The molecule has 1 aromatic carbocycles. The monoisotopic (exact) mass is 373 g/mol. The van der Waals surface area contributed by atoms with E-state index < -0.39 is 0 Å². The SMILES string of the molecule is COC(C)(C)CCCC[C@H]1CCc2cc([C@H]3CC[C@@](N)(CO)C3)ccc2C1. The molecule has 0 aromatic heterocycles. The number of ether oxygens (including phenoxy) is 1. The molecule has 3 N–H and O–H groups in total. The van der Waals surface area contributed by atoms with E-state index >= 15 is 0 Å². The maximum Gasteiger partial charge on any atom is 0.0622 e. The van der Waals surface area contributed by atoms with Gasteiger partial charge < -0.3 is 15.6 Å². The van der Waals surface area contributed by atoms with E-state index in [2.05, 4.69) is 32.0 Å². The largest absolute Gasteiger partial charge is 0.394 e. The summed E-state index contributed by atoms with van der Waals surface area (Å²) >= 11 is 0. The molecule has 152 valence electrons. The highest BCUT2D eigenvalue weighted by Gasteiger charge is 2.36. The van der Waals surface area contributed by atoms with Gasteiger partial charge in [0.15, 0.2) is 0 Å². The maximum atomic E-state index is 9.53. The van der Waals surface area contributed by atoms with Crippen LogP contribution in [0.25, 0.3) is 0 Å². The summed E-state index contributed by atoms with van der Waals surface area (Å²) in [6.45, 7) is 4.47. The topological polar surface area (TPSA) is 55.5 Å². The van der Waals surface area contributed by atoms with E-state index in [4.69, 9.17) is 10.5 Å². The Kier molecular flexibility index (Phi) is 6.66. The molecule has 0 unspecified atom stereocenters. The first-order valence-electron chi connectivity index (χ1n) is 10.9. The smallest absolute Gasteiger partial charge is 0.0622 e. The van der Waals surface area contributed by atoms with Gasteiger partial charge in [-0.25, -0.2) is 0 Å². The predicted molar refractivity (Wildman–Crippen MR) is 112 cm³/mol. The van der Waals surface area contributed by atoms with Gasteiger partial charge in [-0.05, 0) is 87.3 Å². The summed E-state index contributed by atoms with van der Waals surface area (Å²) in [5.74, 6) is 1.36. The van der Waals surface area contributed by atoms with E-state index in [1.807, 2.05) is 7.11 Å². The van der Waals surface area contributed by atoms with E-state index in [9.17, 15) is 5.11 Å². The molecule has 0 heterocycles. The first kappa shape index (κ1) is 20.8. The number of hydrogen-bond donors (Lipinski definition) is 2. The lowest BCUT2D eigenvalue weighted by atomic mass is 9.79. The van der Waals surface area contributed by atoms with Gasteiger partial charge in [0.2, 0.25) is 0 Å². The van der Waals surface area contributed by atoms with Gasteiger partial charge in [0.25, 0.3) is 0 Å². The zero-order valence-corrected chi connectivity index (χ0v) is 17.6. The lowest BCUT2D eigenvalue weighted by Crippen LogP contribution is -2.40. The van der Waals surface area contributed by atoms with E-state index in [1.165, 1.54) is 44.1 Å². The average molecular weight is 374 g/mol. The zero-order chi connectivity index (χ0) is 19.5. The Hall–Kier alpha value is -0.900. The summed E-state index contributed by atoms with van der Waals surface area (Å²) in [5.41, 5.74) is 10.5. The van der Waals surface area contributed by atoms with Crippen molar-refractivity contribution >= 4 is 0 Å². The molecule has 3 rings (SSSR count). The fraction of sp³-hybridized carbons (Fsp3) is 0.750. The van der Waals surface area contributed by atoms with Crippen molar-refractivity contribution in [3.05, 3.63) is 34.9 Å². The Morgan fingerprint density at radius 1 is 1.22 bits per heavy atom. The highest BCUT2D eigenvalue weighted by molar-refractivity contribution is 5.36. The number of fused-ring (bicyclic) bond motifs is 1. The van der Waals surface area contributed by atoms with Crippen molar-refractivity contribution < 1.29 is 9.84 Å². The number of aliphatic hydroxyl groups is 1. The molecule has 27 heavy (non-hydrogen) atoms. The molecule has 1 saturated carbocycles. The minimum absolute atomic E-state index is 0.0208. The third-order valence-electron chi connectivity index (χ3n) is 7.18. The summed E-state index contributed by atoms with van der Waals surface area (Å²) in [4.78, 5) is 0. The normalized spacial score (nSPS) is 28.3. The Balaban J connectivity index is 1.51. The van der Waals surface area contributed by atoms with Gasteiger partial charge in [-0.15, -0.1) is 0 Å². The summed E-state index contributed by atoms with van der Waals surface area (Å²) in [7, 11) is 1.81. The first-order chi connectivity index (χ1) is 12.8. The van der Waals surface area contributed by atoms with Crippen LogP contribution < -0.4 is 5.73 Å². The number of benzene rings is 1. The van der Waals surface area contributed by atoms with Gasteiger partial charge in [-0.3, -0.25) is 0 Å². The van der Waals surface area contributed by atoms with E-state index in [0.717, 1.165) is 31.6 Å². The molecular weight excluding hydrogens is 334 g/mol. The predicted octanol–water partition coefficient (Wildman–Crippen LogP) is 4.73. The van der Waals surface area contributed by atoms with Crippen molar-refractivity contribution in [2.45, 2.75) is 95.1 Å². The molecule has 0 aliphatic heterocycles. The van der Waals surface area contributed by atoms with Crippen LogP contribution in [0.4, 0.5) is 0 Å². The molecule has 0 bridgehead atoms. The first-order valence-corrected chi connectivity index (χ1v) is 10.9. The van der Waals surface area contributed by atoms with Gasteiger partial charge in [0, 0.05) is 12.6 Å². The van der Waals surface area contributed by atoms with Crippen molar-refractivity contribution in [1.29, 1.82) is 0 Å². The van der Waals surface area contributed by atoms with Crippen LogP contribution in [0.5, 0.6) is 0 Å². The Bertz CT molecular complexity index is 627. The average Bonchev–Trinajstić information content (AvgIpc) is 3.08. The second kappa shape index (κ2) is 8.63. The highest BCUT2D eigenvalue weighted by Crippen LogP contribution is 2.41. The molecular formula is C24H39NO2. The minimum atomic E-state index is -0.358. The van der Waals surface area contributed by atoms with Crippen LogP contribution in [0.2, 0.25) is 0 Å². The molecule has 3 heteroatoms. The lowest BCUT2D eigenvalue weighted by molar-refractivity contribution is 0.0131. The van der Waals surface area contributed by atoms with E-state index in [-0.39, 0.29) is 17.7 Å². The fourth-order valence-electron chi connectivity index (χ4n) is 5.02. The van der Waals surface area contributed by atoms with Gasteiger partial charge in [-0.1, -0.05) is 37.5 Å². The molecule has 0 saturated heterocycles. The van der Waals surface area contributed by atoms with Crippen molar-refractivity contribution in [1.82, 2.24) is 0 Å². The van der Waals surface area contributed by atoms with Crippen molar-refractivity contribution in [2.75, 3.05) is 13.7 Å². The standard InChI is InChI=1S/C24H39NO2/c1-23(2,27-3)12-5-4-6-18-7-8-20-15-21(10-9-19(20)14-18)22-11-13-24(25,16-22)17-26/h9-10,15,18,22,26H,4-8,11-14,16-17,25H2,1-3H3/t18-,22-,24-/m0/s1. The van der Waals surface area contributed by atoms with Crippen LogP contribution in [0.15, 0.2) is 18.2 Å². The molecule has 0 radical (unpaired) electrons. The van der Waals surface area contributed by atoms with Crippen LogP contribution in [-0.4, -0.2) is 30.0 Å². The molecule has 1 fully saturated rings. The zero-order valence-electron chi connectivity index (χ0n) is 17.6. The van der Waals surface area contributed by atoms with E-state index in [1.54, 1.807) is 11.1 Å². The highest BCUT2D eigenvalue weighted by atomic mass is 16.5. The van der Waals surface area contributed by atoms with Gasteiger partial charge in [0.05, 0.1) is 12.2 Å². The van der Waals surface area contributed by atoms with Crippen molar-refractivity contribution in [3.63, 3.8) is 0 Å². The minimum Gasteiger partial charge on any atom is -0.394 e. The number of aliphatic hydroxyl groups excluding tert-OH is 1. The molecule has 1 aromatic rings. The van der Waals surface area contributed by atoms with Crippen LogP contribution >= 0.6 is 0 Å². The second-order valence-corrected chi connectivity index (χ2v) is 9.81. The Labute approximate surface area is 165 Å². The van der Waals surface area contributed by atoms with Gasteiger partial charge in [-0.2, -0.15) is 0 Å². The Morgan fingerprint density at radius 2 is 2.04 bits per heavy atom. The van der Waals surface area contributed by atoms with Crippen LogP contribution in [-0.2, 0) is 17.6 Å². The number of rotatable bonds is 8. The van der Waals surface area contributed by atoms with Gasteiger partial charge in [0.1, 0.15) is 0 Å². The van der Waals surface area contributed by atoms with Crippen molar-refractivity contribution in [2.24, 2.45) is 11.7 Å². The maximum absolute atomic E-state index is 9.53.